The van der Waals surface area contributed by atoms with Crippen molar-refractivity contribution in [3.63, 3.8) is 0 Å². The first-order chi connectivity index (χ1) is 12.3. The maximum absolute atomic E-state index is 12.7. The maximum Gasteiger partial charge on any atom is 0.341 e. The minimum absolute atomic E-state index is 0.129. The van der Waals surface area contributed by atoms with Crippen molar-refractivity contribution >= 4 is 27.5 Å². The summed E-state index contributed by atoms with van der Waals surface area (Å²) in [6.07, 6.45) is 0. The maximum atomic E-state index is 12.7. The highest BCUT2D eigenvalue weighted by atomic mass is 32.1. The molecule has 0 aliphatic carbocycles. The lowest BCUT2D eigenvalue weighted by molar-refractivity contribution is 0.0694. The third kappa shape index (κ3) is 3.44. The van der Waals surface area contributed by atoms with E-state index in [9.17, 15) is 14.7 Å². The van der Waals surface area contributed by atoms with Crippen molar-refractivity contribution in [2.75, 3.05) is 0 Å². The molecule has 0 saturated heterocycles. The molecule has 1 aromatic carbocycles. The summed E-state index contributed by atoms with van der Waals surface area (Å²) in [6, 6.07) is 8.14. The first-order valence-corrected chi connectivity index (χ1v) is 9.54. The molecule has 0 radical (unpaired) electrons. The average molecular weight is 372 g/mol. The van der Waals surface area contributed by atoms with Crippen molar-refractivity contribution in [3.8, 4) is 0 Å². The van der Waals surface area contributed by atoms with Gasteiger partial charge in [0.25, 0.3) is 0 Å². The van der Waals surface area contributed by atoms with E-state index in [-0.39, 0.29) is 11.0 Å². The number of carboxylic acid groups (broad SMARTS) is 1. The topological polar surface area (TPSA) is 59.3 Å². The first-order valence-electron chi connectivity index (χ1n) is 8.73. The van der Waals surface area contributed by atoms with Gasteiger partial charge in [0.2, 0.25) is 5.43 Å². The molecule has 26 heavy (non-hydrogen) atoms. The fourth-order valence-corrected chi connectivity index (χ4v) is 4.17. The van der Waals surface area contributed by atoms with Crippen LogP contribution in [0.4, 0.5) is 0 Å². The number of hydrogen-bond acceptors (Lipinski definition) is 3. The minimum atomic E-state index is -1.17. The zero-order chi connectivity index (χ0) is 19.6. The van der Waals surface area contributed by atoms with Crippen molar-refractivity contribution < 1.29 is 9.90 Å². The monoisotopic (exact) mass is 371 g/mol. The van der Waals surface area contributed by atoms with E-state index in [1.54, 1.807) is 18.3 Å². The van der Waals surface area contributed by atoms with Crippen molar-refractivity contribution in [1.82, 2.24) is 4.57 Å². The van der Waals surface area contributed by atoms with Crippen LogP contribution < -0.4 is 5.43 Å². The molecule has 2 aromatic heterocycles. The molecule has 0 aliphatic rings. The molecular formula is C21H25NO3S. The molecule has 0 unspecified atom stereocenters. The van der Waals surface area contributed by atoms with Crippen LogP contribution >= 0.6 is 11.3 Å². The molecular weight excluding hydrogens is 346 g/mol. The predicted molar refractivity (Wildman–Crippen MR) is 109 cm³/mol. The second-order valence-corrected chi connectivity index (χ2v) is 7.33. The lowest BCUT2D eigenvalue weighted by atomic mass is 10.1. The Labute approximate surface area is 157 Å². The Hall–Kier alpha value is -2.40. The number of carboxylic acids is 1. The van der Waals surface area contributed by atoms with Gasteiger partial charge in [-0.15, -0.1) is 11.3 Å². The normalized spacial score (nSPS) is 10.5. The smallest absolute Gasteiger partial charge is 0.341 e. The van der Waals surface area contributed by atoms with E-state index in [2.05, 4.69) is 0 Å². The van der Waals surface area contributed by atoms with E-state index >= 15 is 0 Å². The fourth-order valence-electron chi connectivity index (χ4n) is 2.96. The Morgan fingerprint density at radius 2 is 1.65 bits per heavy atom. The van der Waals surface area contributed by atoms with Crippen LogP contribution in [0.15, 0.2) is 29.1 Å². The lowest BCUT2D eigenvalue weighted by Crippen LogP contribution is -2.22. The second kappa shape index (κ2) is 7.87. The number of nitrogens with zero attached hydrogens (tertiary/aromatic N) is 1. The van der Waals surface area contributed by atoms with Crippen LogP contribution in [-0.2, 0) is 6.54 Å². The van der Waals surface area contributed by atoms with Gasteiger partial charge in [-0.1, -0.05) is 43.7 Å². The van der Waals surface area contributed by atoms with Gasteiger partial charge >= 0.3 is 5.97 Å². The molecule has 0 fully saturated rings. The summed E-state index contributed by atoms with van der Waals surface area (Å²) in [7, 11) is 0. The molecule has 5 heteroatoms. The molecule has 0 bridgehead atoms. The number of pyridine rings is 1. The third-order valence-corrected chi connectivity index (χ3v) is 5.74. The van der Waals surface area contributed by atoms with Gasteiger partial charge in [-0.05, 0) is 38.8 Å². The molecule has 1 N–H and O–H groups in total. The fraction of sp³-hybridized carbons (Fsp3) is 0.333. The molecule has 0 amide bonds. The zero-order valence-electron chi connectivity index (χ0n) is 16.1. The number of carbonyl (C=O) groups is 1. The Morgan fingerprint density at radius 3 is 2.19 bits per heavy atom. The standard InChI is InChI=1S/C19H19NO3S.C2H6/c1-10-5-7-14(8-6-10)9-20-12(3)16(19(22)23)17(21)15-11(2)13(4)24-18(15)20;1-2/h5-8H,9H2,1-4H3,(H,22,23);1-2H3. The molecule has 0 saturated carbocycles. The Bertz CT molecular complexity index is 1010. The molecule has 138 valence electrons. The molecule has 2 heterocycles. The molecule has 0 aliphatic heterocycles. The van der Waals surface area contributed by atoms with Crippen LogP contribution in [0.2, 0.25) is 0 Å². The number of aromatic nitrogens is 1. The number of benzene rings is 1. The summed E-state index contributed by atoms with van der Waals surface area (Å²) in [5.41, 5.74) is 3.12. The van der Waals surface area contributed by atoms with Crippen LogP contribution in [-0.4, -0.2) is 15.6 Å². The summed E-state index contributed by atoms with van der Waals surface area (Å²) in [6.45, 7) is 12.1. The Kier molecular flexibility index (Phi) is 6.03. The van der Waals surface area contributed by atoms with E-state index < -0.39 is 5.97 Å². The molecule has 0 spiro atoms. The number of thiophene rings is 1. The first kappa shape index (κ1) is 19.9. The lowest BCUT2D eigenvalue weighted by Gasteiger charge is -2.15. The summed E-state index contributed by atoms with van der Waals surface area (Å²) in [4.78, 5) is 26.2. The van der Waals surface area contributed by atoms with Gasteiger partial charge in [0, 0.05) is 17.1 Å². The van der Waals surface area contributed by atoms with Gasteiger partial charge < -0.3 is 9.67 Å². The predicted octanol–water partition coefficient (Wildman–Crippen LogP) is 5.07. The molecule has 4 nitrogen and oxygen atoms in total. The average Bonchev–Trinajstić information content (AvgIpc) is 2.90. The van der Waals surface area contributed by atoms with Crippen LogP contribution in [0.1, 0.15) is 51.5 Å². The van der Waals surface area contributed by atoms with Gasteiger partial charge in [0.05, 0.1) is 5.39 Å². The Morgan fingerprint density at radius 1 is 1.08 bits per heavy atom. The second-order valence-electron chi connectivity index (χ2n) is 6.13. The number of rotatable bonds is 3. The van der Waals surface area contributed by atoms with Crippen LogP contribution in [0.3, 0.4) is 0 Å². The van der Waals surface area contributed by atoms with Gasteiger partial charge in [-0.25, -0.2) is 4.79 Å². The largest absolute Gasteiger partial charge is 0.477 e. The zero-order valence-corrected chi connectivity index (χ0v) is 17.0. The van der Waals surface area contributed by atoms with E-state index in [4.69, 9.17) is 0 Å². The quantitative estimate of drug-likeness (QED) is 0.699. The number of hydrogen-bond donors (Lipinski definition) is 1. The molecule has 0 atom stereocenters. The van der Waals surface area contributed by atoms with E-state index in [0.29, 0.717) is 17.6 Å². The van der Waals surface area contributed by atoms with Crippen molar-refractivity contribution in [2.24, 2.45) is 0 Å². The van der Waals surface area contributed by atoms with E-state index in [0.717, 1.165) is 20.8 Å². The van der Waals surface area contributed by atoms with Gasteiger partial charge in [0.1, 0.15) is 10.4 Å². The molecule has 3 rings (SSSR count). The number of aromatic carboxylic acids is 1. The SMILES string of the molecule is CC.Cc1ccc(Cn2c(C)c(C(=O)O)c(=O)c3c(C)c(C)sc32)cc1. The van der Waals surface area contributed by atoms with Gasteiger partial charge in [-0.2, -0.15) is 0 Å². The van der Waals surface area contributed by atoms with Crippen LogP contribution in [0.25, 0.3) is 10.2 Å². The Balaban J connectivity index is 0.00000117. The summed E-state index contributed by atoms with van der Waals surface area (Å²) in [5, 5.41) is 10.1. The van der Waals surface area contributed by atoms with Crippen molar-refractivity contribution in [2.45, 2.75) is 48.1 Å². The van der Waals surface area contributed by atoms with E-state index in [1.165, 1.54) is 5.56 Å². The van der Waals surface area contributed by atoms with Crippen molar-refractivity contribution in [1.29, 1.82) is 0 Å². The summed E-state index contributed by atoms with van der Waals surface area (Å²) < 4.78 is 1.95. The minimum Gasteiger partial charge on any atom is -0.477 e. The number of fused-ring (bicyclic) bond motifs is 1. The highest BCUT2D eigenvalue weighted by Crippen LogP contribution is 2.30. The highest BCUT2D eigenvalue weighted by Gasteiger charge is 2.22. The van der Waals surface area contributed by atoms with Gasteiger partial charge in [0.15, 0.2) is 0 Å². The highest BCUT2D eigenvalue weighted by molar-refractivity contribution is 7.18. The van der Waals surface area contributed by atoms with Crippen LogP contribution in [0, 0.1) is 27.7 Å². The van der Waals surface area contributed by atoms with Crippen LogP contribution in [0.5, 0.6) is 0 Å². The van der Waals surface area contributed by atoms with Gasteiger partial charge in [-0.3, -0.25) is 4.79 Å². The molecule has 3 aromatic rings. The number of aryl methyl sites for hydroxylation is 3. The van der Waals surface area contributed by atoms with E-state index in [1.807, 2.05) is 63.5 Å². The summed E-state index contributed by atoms with van der Waals surface area (Å²) in [5.74, 6) is -1.17. The third-order valence-electron chi connectivity index (χ3n) is 4.51. The van der Waals surface area contributed by atoms with Crippen molar-refractivity contribution in [3.05, 3.63) is 67.3 Å². The summed E-state index contributed by atoms with van der Waals surface area (Å²) >= 11 is 1.55.